The molecule has 2 atom stereocenters. The smallest absolute Gasteiger partial charge is 0.235 e. The number of aromatic amines is 1. The van der Waals surface area contributed by atoms with Crippen LogP contribution in [-0.2, 0) is 10.2 Å². The fourth-order valence-electron chi connectivity index (χ4n) is 4.96. The van der Waals surface area contributed by atoms with Crippen LogP contribution < -0.4 is 10.1 Å². The second-order valence-electron chi connectivity index (χ2n) is 8.63. The van der Waals surface area contributed by atoms with E-state index in [0.717, 1.165) is 57.4 Å². The number of H-pyrrole nitrogens is 1. The lowest BCUT2D eigenvalue weighted by Gasteiger charge is -2.10. The predicted octanol–water partition coefficient (Wildman–Crippen LogP) is 4.93. The van der Waals surface area contributed by atoms with Crippen molar-refractivity contribution in [2.24, 2.45) is 0 Å². The highest BCUT2D eigenvalue weighted by Crippen LogP contribution is 2.65. The van der Waals surface area contributed by atoms with Crippen LogP contribution in [0.4, 0.5) is 5.69 Å². The van der Waals surface area contributed by atoms with Gasteiger partial charge >= 0.3 is 0 Å². The van der Waals surface area contributed by atoms with E-state index in [1.54, 1.807) is 19.2 Å². The maximum Gasteiger partial charge on any atom is 0.235 e. The Hall–Kier alpha value is -4.19. The monoisotopic (exact) mass is 435 g/mol. The second-order valence-corrected chi connectivity index (χ2v) is 8.63. The molecular formula is C27H21N3O3. The standard InChI is InChI=1S/C27H21N3O3/c1-33-19-8-11-24-21(13-19)27(26(32)28-24)14-22(27)18-7-9-20-23(29-30-25(20)12-18)10-6-16-2-4-17(15-31)5-3-16/h2-13,15,22H,14H2,1H3,(H,28,32)(H,29,30)/b10-6+/t22-,27-/m0/s1. The molecule has 0 radical (unpaired) electrons. The number of anilines is 1. The lowest BCUT2D eigenvalue weighted by atomic mass is 9.91. The summed E-state index contributed by atoms with van der Waals surface area (Å²) >= 11 is 0. The van der Waals surface area contributed by atoms with Crippen molar-refractivity contribution < 1.29 is 14.3 Å². The summed E-state index contributed by atoms with van der Waals surface area (Å²) in [6.45, 7) is 0. The number of aldehydes is 1. The van der Waals surface area contributed by atoms with E-state index in [0.29, 0.717) is 5.56 Å². The molecule has 2 aliphatic rings. The summed E-state index contributed by atoms with van der Waals surface area (Å²) in [6, 6.07) is 19.4. The van der Waals surface area contributed by atoms with Crippen molar-refractivity contribution in [1.82, 2.24) is 10.2 Å². The fraction of sp³-hybridized carbons (Fsp3) is 0.148. The minimum atomic E-state index is -0.520. The Bertz CT molecular complexity index is 1450. The van der Waals surface area contributed by atoms with Gasteiger partial charge in [0.15, 0.2) is 0 Å². The molecule has 33 heavy (non-hydrogen) atoms. The number of methoxy groups -OCH3 is 1. The summed E-state index contributed by atoms with van der Waals surface area (Å²) in [7, 11) is 1.64. The summed E-state index contributed by atoms with van der Waals surface area (Å²) in [6.07, 6.45) is 5.55. The molecule has 6 rings (SSSR count). The van der Waals surface area contributed by atoms with Crippen LogP contribution >= 0.6 is 0 Å². The number of hydrogen-bond donors (Lipinski definition) is 2. The molecule has 4 aromatic rings. The van der Waals surface area contributed by atoms with E-state index < -0.39 is 5.41 Å². The number of hydrogen-bond acceptors (Lipinski definition) is 4. The van der Waals surface area contributed by atoms with Crippen LogP contribution in [0.5, 0.6) is 5.75 Å². The van der Waals surface area contributed by atoms with E-state index in [9.17, 15) is 9.59 Å². The minimum absolute atomic E-state index is 0.0599. The van der Waals surface area contributed by atoms with Crippen LogP contribution in [0.1, 0.15) is 45.1 Å². The van der Waals surface area contributed by atoms with E-state index in [2.05, 4.69) is 33.7 Å². The van der Waals surface area contributed by atoms with Gasteiger partial charge in [-0.2, -0.15) is 5.10 Å². The highest BCUT2D eigenvalue weighted by Gasteiger charge is 2.65. The maximum atomic E-state index is 12.9. The molecule has 6 heteroatoms. The molecular weight excluding hydrogens is 414 g/mol. The SMILES string of the molecule is COc1ccc2c(c1)[C@]1(C[C@H]1c1ccc3c(/C=C/c4ccc(C=O)cc4)n[nH]c3c1)C(=O)N2. The van der Waals surface area contributed by atoms with Crippen molar-refractivity contribution in [2.45, 2.75) is 17.8 Å². The maximum absolute atomic E-state index is 12.9. The van der Waals surface area contributed by atoms with Crippen LogP contribution in [-0.4, -0.2) is 29.5 Å². The summed E-state index contributed by atoms with van der Waals surface area (Å²) in [5, 5.41) is 11.6. The zero-order valence-electron chi connectivity index (χ0n) is 18.0. The van der Waals surface area contributed by atoms with Crippen molar-refractivity contribution in [3.8, 4) is 5.75 Å². The molecule has 1 spiro atoms. The van der Waals surface area contributed by atoms with Crippen molar-refractivity contribution in [2.75, 3.05) is 12.4 Å². The first-order valence-electron chi connectivity index (χ1n) is 10.8. The van der Waals surface area contributed by atoms with Gasteiger partial charge in [0.2, 0.25) is 5.91 Å². The molecule has 1 amide bonds. The first-order valence-corrected chi connectivity index (χ1v) is 10.8. The third kappa shape index (κ3) is 2.98. The number of aromatic nitrogens is 2. The predicted molar refractivity (Wildman–Crippen MR) is 128 cm³/mol. The Morgan fingerprint density at radius 3 is 2.64 bits per heavy atom. The lowest BCUT2D eigenvalue weighted by Crippen LogP contribution is -2.21. The Morgan fingerprint density at radius 2 is 1.85 bits per heavy atom. The van der Waals surface area contributed by atoms with Gasteiger partial charge in [-0.1, -0.05) is 42.5 Å². The van der Waals surface area contributed by atoms with Gasteiger partial charge in [0, 0.05) is 22.6 Å². The number of rotatable bonds is 5. The van der Waals surface area contributed by atoms with Crippen molar-refractivity contribution in [3.63, 3.8) is 0 Å². The average Bonchev–Trinajstić information content (AvgIpc) is 3.39. The topological polar surface area (TPSA) is 84.1 Å². The van der Waals surface area contributed by atoms with Gasteiger partial charge in [-0.05, 0) is 53.5 Å². The van der Waals surface area contributed by atoms with Gasteiger partial charge in [-0.15, -0.1) is 0 Å². The molecule has 1 aromatic heterocycles. The molecule has 1 fully saturated rings. The van der Waals surface area contributed by atoms with Crippen LogP contribution in [0.3, 0.4) is 0 Å². The number of amides is 1. The van der Waals surface area contributed by atoms with Crippen molar-refractivity contribution >= 4 is 40.9 Å². The second kappa shape index (κ2) is 7.17. The largest absolute Gasteiger partial charge is 0.497 e. The van der Waals surface area contributed by atoms with Crippen LogP contribution in [0.15, 0.2) is 60.7 Å². The van der Waals surface area contributed by atoms with Crippen LogP contribution in [0, 0.1) is 0 Å². The molecule has 0 unspecified atom stereocenters. The average molecular weight is 435 g/mol. The zero-order chi connectivity index (χ0) is 22.6. The van der Waals surface area contributed by atoms with E-state index >= 15 is 0 Å². The quantitative estimate of drug-likeness (QED) is 0.435. The first-order chi connectivity index (χ1) is 16.1. The summed E-state index contributed by atoms with van der Waals surface area (Å²) < 4.78 is 5.39. The van der Waals surface area contributed by atoms with Crippen LogP contribution in [0.2, 0.25) is 0 Å². The number of ether oxygens (including phenoxy) is 1. The molecule has 1 aliphatic heterocycles. The van der Waals surface area contributed by atoms with Gasteiger partial charge in [0.25, 0.3) is 0 Å². The number of nitrogens with one attached hydrogen (secondary N) is 2. The lowest BCUT2D eigenvalue weighted by molar-refractivity contribution is -0.118. The third-order valence-electron chi connectivity index (χ3n) is 6.85. The molecule has 0 saturated heterocycles. The molecule has 0 bridgehead atoms. The fourth-order valence-corrected chi connectivity index (χ4v) is 4.96. The van der Waals surface area contributed by atoms with Crippen molar-refractivity contribution in [1.29, 1.82) is 0 Å². The van der Waals surface area contributed by atoms with E-state index in [1.165, 1.54) is 0 Å². The Labute approximate surface area is 190 Å². The number of nitrogens with zero attached hydrogens (tertiary/aromatic N) is 1. The molecule has 1 aliphatic carbocycles. The number of fused-ring (bicyclic) bond motifs is 3. The Morgan fingerprint density at radius 1 is 1.03 bits per heavy atom. The molecule has 3 aromatic carbocycles. The normalized spacial score (nSPS) is 20.9. The minimum Gasteiger partial charge on any atom is -0.497 e. The highest BCUT2D eigenvalue weighted by molar-refractivity contribution is 6.10. The van der Waals surface area contributed by atoms with Gasteiger partial charge in [0.05, 0.1) is 23.7 Å². The summed E-state index contributed by atoms with van der Waals surface area (Å²) in [5.41, 5.74) is 5.93. The van der Waals surface area contributed by atoms with E-state index in [1.807, 2.05) is 42.5 Å². The number of benzene rings is 3. The van der Waals surface area contributed by atoms with Gasteiger partial charge < -0.3 is 10.1 Å². The third-order valence-corrected chi connectivity index (χ3v) is 6.85. The van der Waals surface area contributed by atoms with E-state index in [-0.39, 0.29) is 11.8 Å². The summed E-state index contributed by atoms with van der Waals surface area (Å²) in [4.78, 5) is 23.7. The molecule has 6 nitrogen and oxygen atoms in total. The molecule has 1 saturated carbocycles. The Kier molecular flexibility index (Phi) is 4.23. The van der Waals surface area contributed by atoms with Crippen molar-refractivity contribution in [3.05, 3.63) is 88.6 Å². The summed E-state index contributed by atoms with van der Waals surface area (Å²) in [5.74, 6) is 0.940. The van der Waals surface area contributed by atoms with Gasteiger partial charge in [0.1, 0.15) is 12.0 Å². The number of carbonyl (C=O) groups excluding carboxylic acids is 2. The van der Waals surface area contributed by atoms with Gasteiger partial charge in [-0.25, -0.2) is 0 Å². The number of carbonyl (C=O) groups is 2. The molecule has 2 N–H and O–H groups in total. The van der Waals surface area contributed by atoms with E-state index in [4.69, 9.17) is 4.74 Å². The van der Waals surface area contributed by atoms with Crippen LogP contribution in [0.25, 0.3) is 23.1 Å². The molecule has 2 heterocycles. The van der Waals surface area contributed by atoms with Gasteiger partial charge in [-0.3, -0.25) is 14.7 Å². The Balaban J connectivity index is 1.29. The zero-order valence-corrected chi connectivity index (χ0v) is 18.0. The highest BCUT2D eigenvalue weighted by atomic mass is 16.5. The molecule has 162 valence electrons. The first kappa shape index (κ1) is 19.5.